The standard InChI is InChI=1S/C14H34O5Si4/c1-11-14(15)16-12-13-17-23(10,21(5,6)7)19-22(8,9)18-20(2,3)4/h11H,1,12-13H2,2-10H3. The minimum atomic E-state index is -2.39. The first kappa shape index (κ1) is 23.0. The molecule has 0 N–H and O–H groups in total. The maximum atomic E-state index is 11.1. The summed E-state index contributed by atoms with van der Waals surface area (Å²) in [5, 5.41) is 0. The van der Waals surface area contributed by atoms with Crippen molar-refractivity contribution in [3.63, 3.8) is 0 Å². The van der Waals surface area contributed by atoms with Gasteiger partial charge in [0.05, 0.1) is 6.61 Å². The molecular weight excluding hydrogens is 360 g/mol. The molecule has 136 valence electrons. The summed E-state index contributed by atoms with van der Waals surface area (Å²) < 4.78 is 24.1. The van der Waals surface area contributed by atoms with Crippen molar-refractivity contribution < 1.29 is 22.2 Å². The van der Waals surface area contributed by atoms with E-state index in [9.17, 15) is 4.79 Å². The molecule has 0 heterocycles. The summed E-state index contributed by atoms with van der Waals surface area (Å²) in [6.07, 6.45) is 1.16. The Morgan fingerprint density at radius 1 is 0.913 bits per heavy atom. The Hall–Kier alpha value is -0.0425. The Morgan fingerprint density at radius 3 is 1.83 bits per heavy atom. The maximum Gasteiger partial charge on any atom is 0.330 e. The van der Waals surface area contributed by atoms with E-state index >= 15 is 0 Å². The molecule has 0 radical (unpaired) electrons. The highest BCUT2D eigenvalue weighted by molar-refractivity contribution is 7.36. The van der Waals surface area contributed by atoms with Gasteiger partial charge in [0.1, 0.15) is 14.2 Å². The van der Waals surface area contributed by atoms with E-state index < -0.39 is 38.5 Å². The summed E-state index contributed by atoms with van der Waals surface area (Å²) in [4.78, 5) is 11.1. The molecule has 23 heavy (non-hydrogen) atoms. The van der Waals surface area contributed by atoms with Crippen LogP contribution in [0.15, 0.2) is 12.7 Å². The molecule has 0 aliphatic rings. The highest BCUT2D eigenvalue weighted by atomic mass is 29.3. The van der Waals surface area contributed by atoms with Crippen molar-refractivity contribution in [2.75, 3.05) is 13.2 Å². The monoisotopic (exact) mass is 394 g/mol. The lowest BCUT2D eigenvalue weighted by atomic mass is 10.6. The minimum Gasteiger partial charge on any atom is -0.460 e. The number of hydrogen-bond acceptors (Lipinski definition) is 5. The number of carbonyl (C=O) groups is 1. The summed E-state index contributed by atoms with van der Waals surface area (Å²) in [5.74, 6) is -0.428. The molecule has 0 aliphatic carbocycles. The van der Waals surface area contributed by atoms with E-state index in [2.05, 4.69) is 65.5 Å². The fraction of sp³-hybridized carbons (Fsp3) is 0.786. The second-order valence-corrected chi connectivity index (χ2v) is 30.7. The lowest BCUT2D eigenvalue weighted by Gasteiger charge is -2.43. The average molecular weight is 395 g/mol. The van der Waals surface area contributed by atoms with Gasteiger partial charge in [0, 0.05) is 6.08 Å². The molecule has 0 aliphatic heterocycles. The topological polar surface area (TPSA) is 54.0 Å². The van der Waals surface area contributed by atoms with Gasteiger partial charge in [0.2, 0.25) is 0 Å². The molecule has 0 aromatic rings. The largest absolute Gasteiger partial charge is 0.460 e. The fourth-order valence-corrected chi connectivity index (χ4v) is 21.2. The van der Waals surface area contributed by atoms with Gasteiger partial charge in [-0.3, -0.25) is 0 Å². The van der Waals surface area contributed by atoms with Gasteiger partial charge in [0.25, 0.3) is 0 Å². The van der Waals surface area contributed by atoms with Crippen LogP contribution in [0.2, 0.25) is 58.9 Å². The molecule has 0 spiro atoms. The molecule has 0 fully saturated rings. The first-order chi connectivity index (χ1) is 10.1. The Labute approximate surface area is 145 Å². The third-order valence-electron chi connectivity index (χ3n) is 3.23. The Morgan fingerprint density at radius 2 is 1.43 bits per heavy atom. The van der Waals surface area contributed by atoms with E-state index in [0.717, 1.165) is 6.08 Å². The number of ether oxygens (including phenoxy) is 1. The van der Waals surface area contributed by atoms with E-state index in [1.807, 2.05) is 0 Å². The molecule has 1 atom stereocenters. The molecule has 0 bridgehead atoms. The molecular formula is C14H34O5Si4. The summed E-state index contributed by atoms with van der Waals surface area (Å²) in [6.45, 7) is 23.6. The smallest absolute Gasteiger partial charge is 0.330 e. The predicted octanol–water partition coefficient (Wildman–Crippen LogP) is 3.79. The van der Waals surface area contributed by atoms with Gasteiger partial charge in [-0.05, 0) is 39.3 Å². The average Bonchev–Trinajstić information content (AvgIpc) is 2.29. The number of rotatable bonds is 10. The third kappa shape index (κ3) is 9.13. The molecule has 1 unspecified atom stereocenters. The first-order valence-electron chi connectivity index (χ1n) is 7.95. The quantitative estimate of drug-likeness (QED) is 0.244. The minimum absolute atomic E-state index is 0.220. The molecule has 9 heteroatoms. The van der Waals surface area contributed by atoms with E-state index in [1.54, 1.807) is 0 Å². The number of hydrogen-bond donors (Lipinski definition) is 0. The number of esters is 1. The Balaban J connectivity index is 4.92. The summed E-state index contributed by atoms with van der Waals surface area (Å²) in [5.41, 5.74) is 0. The highest BCUT2D eigenvalue weighted by Crippen LogP contribution is 2.27. The third-order valence-corrected chi connectivity index (χ3v) is 24.2. The molecule has 0 rings (SSSR count). The van der Waals surface area contributed by atoms with Crippen LogP contribution >= 0.6 is 0 Å². The van der Waals surface area contributed by atoms with Gasteiger partial charge in [-0.1, -0.05) is 26.2 Å². The van der Waals surface area contributed by atoms with Gasteiger partial charge in [-0.15, -0.1) is 0 Å². The van der Waals surface area contributed by atoms with Crippen LogP contribution in [-0.4, -0.2) is 51.7 Å². The van der Waals surface area contributed by atoms with E-state index in [1.165, 1.54) is 0 Å². The lowest BCUT2D eigenvalue weighted by molar-refractivity contribution is -0.138. The van der Waals surface area contributed by atoms with Gasteiger partial charge < -0.3 is 17.4 Å². The predicted molar refractivity (Wildman–Crippen MR) is 105 cm³/mol. The van der Waals surface area contributed by atoms with E-state index in [4.69, 9.17) is 17.4 Å². The van der Waals surface area contributed by atoms with E-state index in [-0.39, 0.29) is 6.61 Å². The lowest BCUT2D eigenvalue weighted by Crippen LogP contribution is -2.65. The van der Waals surface area contributed by atoms with Gasteiger partial charge >= 0.3 is 22.6 Å². The normalized spacial score (nSPS) is 15.9. The molecule has 0 saturated carbocycles. The molecule has 5 nitrogen and oxygen atoms in total. The zero-order chi connectivity index (χ0) is 18.5. The zero-order valence-corrected chi connectivity index (χ0v) is 20.2. The Bertz CT molecular complexity index is 414. The zero-order valence-electron chi connectivity index (χ0n) is 16.2. The molecule has 0 aromatic heterocycles. The van der Waals surface area contributed by atoms with Gasteiger partial charge in [0.15, 0.2) is 8.32 Å². The van der Waals surface area contributed by atoms with Crippen LogP contribution in [0.25, 0.3) is 0 Å². The van der Waals surface area contributed by atoms with Crippen molar-refractivity contribution in [1.29, 1.82) is 0 Å². The van der Waals surface area contributed by atoms with Gasteiger partial charge in [-0.2, -0.15) is 0 Å². The Kier molecular flexibility index (Phi) is 8.35. The van der Waals surface area contributed by atoms with Gasteiger partial charge in [-0.25, -0.2) is 4.79 Å². The summed E-state index contributed by atoms with van der Waals surface area (Å²) >= 11 is 0. The summed E-state index contributed by atoms with van der Waals surface area (Å²) in [7, 11) is -8.00. The van der Waals surface area contributed by atoms with Crippen molar-refractivity contribution in [2.24, 2.45) is 0 Å². The molecule has 0 aromatic carbocycles. The fourth-order valence-electron chi connectivity index (χ4n) is 2.06. The van der Waals surface area contributed by atoms with Crippen molar-refractivity contribution in [3.8, 4) is 0 Å². The van der Waals surface area contributed by atoms with Crippen LogP contribution in [0.5, 0.6) is 0 Å². The SMILES string of the molecule is C=CC(=O)OCCO[Si](C)(O[Si](C)(C)O[Si](C)(C)C)[Si](C)(C)C. The summed E-state index contributed by atoms with van der Waals surface area (Å²) in [6, 6.07) is 0. The van der Waals surface area contributed by atoms with Crippen molar-refractivity contribution in [3.05, 3.63) is 12.7 Å². The second kappa shape index (κ2) is 8.36. The van der Waals surface area contributed by atoms with Crippen LogP contribution in [-0.2, 0) is 22.2 Å². The van der Waals surface area contributed by atoms with Crippen molar-refractivity contribution in [2.45, 2.75) is 58.9 Å². The number of carbonyl (C=O) groups excluding carboxylic acids is 1. The molecule has 0 saturated heterocycles. The van der Waals surface area contributed by atoms with Crippen LogP contribution in [0, 0.1) is 0 Å². The van der Waals surface area contributed by atoms with Crippen LogP contribution in [0.1, 0.15) is 0 Å². The maximum absolute atomic E-state index is 11.1. The van der Waals surface area contributed by atoms with Crippen molar-refractivity contribution in [1.82, 2.24) is 0 Å². The van der Waals surface area contributed by atoms with Crippen LogP contribution in [0.4, 0.5) is 0 Å². The van der Waals surface area contributed by atoms with E-state index in [0.29, 0.717) is 6.61 Å². The second-order valence-electron chi connectivity index (χ2n) is 8.13. The molecule has 0 amide bonds. The highest BCUT2D eigenvalue weighted by Gasteiger charge is 2.50. The van der Waals surface area contributed by atoms with Crippen LogP contribution in [0.3, 0.4) is 0 Å². The van der Waals surface area contributed by atoms with Crippen LogP contribution < -0.4 is 0 Å². The first-order valence-corrected chi connectivity index (χ1v) is 21.0. The van der Waals surface area contributed by atoms with Crippen molar-refractivity contribution >= 4 is 38.5 Å².